The molecule has 96 valence electrons. The van der Waals surface area contributed by atoms with Gasteiger partial charge in [0.25, 0.3) is 0 Å². The van der Waals surface area contributed by atoms with Crippen molar-refractivity contribution < 1.29 is 8.42 Å². The van der Waals surface area contributed by atoms with Crippen molar-refractivity contribution in [3.05, 3.63) is 0 Å². The fraction of sp³-hybridized carbons (Fsp3) is 0.889. The molecule has 0 aliphatic carbocycles. The van der Waals surface area contributed by atoms with Gasteiger partial charge in [-0.2, -0.15) is 0 Å². The molecule has 0 aromatic heterocycles. The fourth-order valence-corrected chi connectivity index (χ4v) is 1.50. The number of aliphatic imine (C=N–C) groups is 1. The standard InChI is InChI=1S/C9H22N4O2S/c1-2-3-4-5-6-12-9(10)13-7-8-16(11,14)15/h2-8H2,1H3,(H3,10,12,13)(H2,11,14,15). The van der Waals surface area contributed by atoms with Crippen molar-refractivity contribution in [3.8, 4) is 0 Å². The van der Waals surface area contributed by atoms with Crippen LogP contribution in [0.25, 0.3) is 0 Å². The van der Waals surface area contributed by atoms with Crippen LogP contribution in [0.1, 0.15) is 32.6 Å². The molecule has 7 heteroatoms. The van der Waals surface area contributed by atoms with E-state index in [0.29, 0.717) is 6.54 Å². The summed E-state index contributed by atoms with van der Waals surface area (Å²) in [6, 6.07) is 0. The summed E-state index contributed by atoms with van der Waals surface area (Å²) < 4.78 is 21.2. The molecule has 0 saturated carbocycles. The van der Waals surface area contributed by atoms with Crippen LogP contribution in [-0.4, -0.2) is 33.2 Å². The highest BCUT2D eigenvalue weighted by Crippen LogP contribution is 1.98. The Morgan fingerprint density at radius 2 is 2.00 bits per heavy atom. The second-order valence-corrected chi connectivity index (χ2v) is 5.36. The molecule has 0 atom stereocenters. The molecule has 0 aliphatic rings. The first-order valence-electron chi connectivity index (χ1n) is 5.50. The van der Waals surface area contributed by atoms with E-state index in [-0.39, 0.29) is 18.3 Å². The predicted octanol–water partition coefficient (Wildman–Crippen LogP) is -0.240. The molecule has 0 aromatic rings. The molecule has 0 radical (unpaired) electrons. The third-order valence-corrected chi connectivity index (χ3v) is 2.76. The van der Waals surface area contributed by atoms with Gasteiger partial charge < -0.3 is 11.1 Å². The number of nitrogens with zero attached hydrogens (tertiary/aromatic N) is 1. The van der Waals surface area contributed by atoms with Crippen LogP contribution in [0.3, 0.4) is 0 Å². The number of primary sulfonamides is 1. The maximum absolute atomic E-state index is 10.6. The highest BCUT2D eigenvalue weighted by Gasteiger charge is 2.01. The van der Waals surface area contributed by atoms with Crippen molar-refractivity contribution in [2.45, 2.75) is 32.6 Å². The quantitative estimate of drug-likeness (QED) is 0.313. The number of hydrogen-bond acceptors (Lipinski definition) is 3. The average molecular weight is 250 g/mol. The zero-order chi connectivity index (χ0) is 12.4. The molecule has 0 rings (SSSR count). The van der Waals surface area contributed by atoms with E-state index in [1.54, 1.807) is 0 Å². The fourth-order valence-electron chi connectivity index (χ4n) is 1.12. The molecule has 6 nitrogen and oxygen atoms in total. The van der Waals surface area contributed by atoms with Crippen LogP contribution in [0, 0.1) is 0 Å². The van der Waals surface area contributed by atoms with Crippen molar-refractivity contribution in [1.29, 1.82) is 0 Å². The van der Waals surface area contributed by atoms with Crippen LogP contribution in [0.5, 0.6) is 0 Å². The third-order valence-electron chi connectivity index (χ3n) is 1.99. The van der Waals surface area contributed by atoms with E-state index >= 15 is 0 Å². The van der Waals surface area contributed by atoms with Crippen LogP contribution in [0.15, 0.2) is 4.99 Å². The van der Waals surface area contributed by atoms with Gasteiger partial charge in [-0.1, -0.05) is 26.2 Å². The summed E-state index contributed by atoms with van der Waals surface area (Å²) in [5.41, 5.74) is 5.52. The smallest absolute Gasteiger partial charge is 0.210 e. The zero-order valence-corrected chi connectivity index (χ0v) is 10.6. The maximum Gasteiger partial charge on any atom is 0.210 e. The lowest BCUT2D eigenvalue weighted by atomic mass is 10.2. The largest absolute Gasteiger partial charge is 0.370 e. The van der Waals surface area contributed by atoms with Gasteiger partial charge in [-0.15, -0.1) is 0 Å². The average Bonchev–Trinajstić information content (AvgIpc) is 2.15. The number of nitrogens with two attached hydrogens (primary N) is 2. The summed E-state index contributed by atoms with van der Waals surface area (Å²) in [7, 11) is -3.43. The Hall–Kier alpha value is -0.820. The van der Waals surface area contributed by atoms with Gasteiger partial charge in [-0.3, -0.25) is 4.99 Å². The zero-order valence-electron chi connectivity index (χ0n) is 9.78. The Labute approximate surface area is 97.5 Å². The van der Waals surface area contributed by atoms with Gasteiger partial charge in [0.1, 0.15) is 0 Å². The second-order valence-electron chi connectivity index (χ2n) is 3.62. The first kappa shape index (κ1) is 15.2. The van der Waals surface area contributed by atoms with Crippen molar-refractivity contribution in [3.63, 3.8) is 0 Å². The summed E-state index contributed by atoms with van der Waals surface area (Å²) in [6.07, 6.45) is 4.54. The molecule has 5 N–H and O–H groups in total. The molecule has 0 amide bonds. The summed E-state index contributed by atoms with van der Waals surface area (Å²) >= 11 is 0. The second kappa shape index (κ2) is 8.35. The number of unbranched alkanes of at least 4 members (excludes halogenated alkanes) is 3. The van der Waals surface area contributed by atoms with Gasteiger partial charge in [0, 0.05) is 13.1 Å². The monoisotopic (exact) mass is 250 g/mol. The molecule has 0 spiro atoms. The highest BCUT2D eigenvalue weighted by molar-refractivity contribution is 7.89. The minimum absolute atomic E-state index is 0.140. The topological polar surface area (TPSA) is 111 Å². The highest BCUT2D eigenvalue weighted by atomic mass is 32.2. The van der Waals surface area contributed by atoms with Crippen LogP contribution in [0.2, 0.25) is 0 Å². The van der Waals surface area contributed by atoms with E-state index in [1.807, 2.05) is 0 Å². The van der Waals surface area contributed by atoms with Crippen molar-refractivity contribution in [2.24, 2.45) is 15.9 Å². The summed E-state index contributed by atoms with van der Waals surface area (Å²) in [4.78, 5) is 4.06. The van der Waals surface area contributed by atoms with E-state index in [4.69, 9.17) is 10.9 Å². The minimum atomic E-state index is -3.43. The summed E-state index contributed by atoms with van der Waals surface area (Å²) in [5, 5.41) is 7.53. The van der Waals surface area contributed by atoms with Crippen molar-refractivity contribution in [1.82, 2.24) is 5.32 Å². The van der Waals surface area contributed by atoms with Crippen molar-refractivity contribution >= 4 is 16.0 Å². The first-order chi connectivity index (χ1) is 7.45. The molecule has 16 heavy (non-hydrogen) atoms. The molecule has 0 aromatic carbocycles. The van der Waals surface area contributed by atoms with E-state index in [1.165, 1.54) is 12.8 Å². The Kier molecular flexibility index (Phi) is 7.92. The van der Waals surface area contributed by atoms with Crippen LogP contribution in [0.4, 0.5) is 0 Å². The third kappa shape index (κ3) is 11.3. The lowest BCUT2D eigenvalue weighted by molar-refractivity contribution is 0.596. The Balaban J connectivity index is 3.56. The number of guanidine groups is 1. The number of rotatable bonds is 8. The molecule has 0 fully saturated rings. The summed E-state index contributed by atoms with van der Waals surface area (Å²) in [5.74, 6) is 0.138. The van der Waals surface area contributed by atoms with Crippen LogP contribution in [-0.2, 0) is 10.0 Å². The van der Waals surface area contributed by atoms with Gasteiger partial charge in [-0.25, -0.2) is 13.6 Å². The van der Waals surface area contributed by atoms with Crippen molar-refractivity contribution in [2.75, 3.05) is 18.8 Å². The normalized spacial score (nSPS) is 12.8. The van der Waals surface area contributed by atoms with Crippen LogP contribution >= 0.6 is 0 Å². The Morgan fingerprint density at radius 3 is 2.56 bits per heavy atom. The Bertz CT molecular complexity index is 301. The molecule has 0 heterocycles. The summed E-state index contributed by atoms with van der Waals surface area (Å²) in [6.45, 7) is 3.02. The minimum Gasteiger partial charge on any atom is -0.370 e. The Morgan fingerprint density at radius 1 is 1.31 bits per heavy atom. The first-order valence-corrected chi connectivity index (χ1v) is 7.21. The van der Waals surface area contributed by atoms with Gasteiger partial charge in [0.2, 0.25) is 10.0 Å². The molecule has 0 saturated heterocycles. The van der Waals surface area contributed by atoms with E-state index in [0.717, 1.165) is 12.8 Å². The number of sulfonamides is 1. The maximum atomic E-state index is 10.6. The van der Waals surface area contributed by atoms with E-state index in [9.17, 15) is 8.42 Å². The number of hydrogen-bond donors (Lipinski definition) is 3. The molecule has 0 unspecified atom stereocenters. The van der Waals surface area contributed by atoms with Gasteiger partial charge in [-0.05, 0) is 6.42 Å². The molecular weight excluding hydrogens is 228 g/mol. The van der Waals surface area contributed by atoms with E-state index < -0.39 is 10.0 Å². The van der Waals surface area contributed by atoms with Gasteiger partial charge in [0.05, 0.1) is 5.75 Å². The molecular formula is C9H22N4O2S. The predicted molar refractivity (Wildman–Crippen MR) is 66.6 cm³/mol. The number of nitrogens with one attached hydrogen (secondary N) is 1. The van der Waals surface area contributed by atoms with E-state index in [2.05, 4.69) is 17.2 Å². The van der Waals surface area contributed by atoms with Gasteiger partial charge in [0.15, 0.2) is 5.96 Å². The lowest BCUT2D eigenvalue weighted by Crippen LogP contribution is -2.36. The SMILES string of the molecule is CCCCCCN=C(N)NCCS(N)(=O)=O. The van der Waals surface area contributed by atoms with Gasteiger partial charge >= 0.3 is 0 Å². The molecule has 0 aliphatic heterocycles. The van der Waals surface area contributed by atoms with Crippen LogP contribution < -0.4 is 16.2 Å². The lowest BCUT2D eigenvalue weighted by Gasteiger charge is -2.04. The molecule has 0 bridgehead atoms.